The van der Waals surface area contributed by atoms with Gasteiger partial charge in [0, 0.05) is 25.8 Å². The third-order valence-electron chi connectivity index (χ3n) is 3.55. The summed E-state index contributed by atoms with van der Waals surface area (Å²) in [5.74, 6) is -0.694. The zero-order valence-electron chi connectivity index (χ0n) is 12.4. The predicted octanol–water partition coefficient (Wildman–Crippen LogP) is -0.490. The van der Waals surface area contributed by atoms with Crippen molar-refractivity contribution >= 4 is 17.8 Å². The predicted molar refractivity (Wildman–Crippen MR) is 74.4 cm³/mol. The Morgan fingerprint density at radius 3 is 2.62 bits per heavy atom. The lowest BCUT2D eigenvalue weighted by molar-refractivity contribution is -0.130. The fourth-order valence-corrected chi connectivity index (χ4v) is 2.11. The molecule has 1 aliphatic heterocycles. The third kappa shape index (κ3) is 3.21. The summed E-state index contributed by atoms with van der Waals surface area (Å²) >= 11 is 0. The van der Waals surface area contributed by atoms with Crippen LogP contribution in [0, 0.1) is 13.8 Å². The second kappa shape index (κ2) is 5.94. The molecule has 0 aliphatic carbocycles. The molecule has 0 bridgehead atoms. The van der Waals surface area contributed by atoms with Gasteiger partial charge in [-0.15, -0.1) is 0 Å². The molecule has 0 atom stereocenters. The van der Waals surface area contributed by atoms with Gasteiger partial charge in [-0.3, -0.25) is 14.5 Å². The highest BCUT2D eigenvalue weighted by atomic mass is 16.2. The van der Waals surface area contributed by atoms with E-state index >= 15 is 0 Å². The van der Waals surface area contributed by atoms with E-state index < -0.39 is 6.03 Å². The SMILES string of the molecule is Cc1ncn(CCNC(=O)CN2C(=O)CN(C)C2=O)c1C. The quantitative estimate of drug-likeness (QED) is 0.742. The number of nitrogens with one attached hydrogen (secondary N) is 1. The fourth-order valence-electron chi connectivity index (χ4n) is 2.11. The summed E-state index contributed by atoms with van der Waals surface area (Å²) in [4.78, 5) is 41.4. The highest BCUT2D eigenvalue weighted by Gasteiger charge is 2.34. The van der Waals surface area contributed by atoms with Crippen molar-refractivity contribution in [3.8, 4) is 0 Å². The van der Waals surface area contributed by atoms with Gasteiger partial charge in [-0.25, -0.2) is 9.78 Å². The molecule has 0 unspecified atom stereocenters. The monoisotopic (exact) mass is 293 g/mol. The highest BCUT2D eigenvalue weighted by molar-refractivity contribution is 6.04. The average molecular weight is 293 g/mol. The van der Waals surface area contributed by atoms with Crippen LogP contribution >= 0.6 is 0 Å². The molecular formula is C13H19N5O3. The summed E-state index contributed by atoms with van der Waals surface area (Å²) in [5, 5.41) is 2.70. The molecule has 0 aromatic carbocycles. The van der Waals surface area contributed by atoms with Crippen molar-refractivity contribution in [3.05, 3.63) is 17.7 Å². The zero-order valence-corrected chi connectivity index (χ0v) is 12.4. The molecule has 1 N–H and O–H groups in total. The molecule has 8 heteroatoms. The normalized spacial score (nSPS) is 15.0. The third-order valence-corrected chi connectivity index (χ3v) is 3.55. The molecule has 1 aromatic rings. The number of aromatic nitrogens is 2. The Bertz CT molecular complexity index is 580. The average Bonchev–Trinajstić information content (AvgIpc) is 2.86. The minimum atomic E-state index is -0.434. The number of urea groups is 1. The first-order valence-corrected chi connectivity index (χ1v) is 6.70. The molecule has 1 fully saturated rings. The van der Waals surface area contributed by atoms with Crippen LogP contribution in [0.25, 0.3) is 0 Å². The summed E-state index contributed by atoms with van der Waals surface area (Å²) in [5.41, 5.74) is 2.01. The second-order valence-corrected chi connectivity index (χ2v) is 5.08. The molecule has 114 valence electrons. The molecule has 2 rings (SSSR count). The van der Waals surface area contributed by atoms with Crippen LogP contribution in [-0.4, -0.2) is 63.9 Å². The molecule has 21 heavy (non-hydrogen) atoms. The van der Waals surface area contributed by atoms with Crippen molar-refractivity contribution in [1.29, 1.82) is 0 Å². The van der Waals surface area contributed by atoms with Crippen LogP contribution in [-0.2, 0) is 16.1 Å². The van der Waals surface area contributed by atoms with Crippen LogP contribution in [0.1, 0.15) is 11.4 Å². The van der Waals surface area contributed by atoms with Gasteiger partial charge in [-0.05, 0) is 13.8 Å². The number of carbonyl (C=O) groups excluding carboxylic acids is 3. The first kappa shape index (κ1) is 15.0. The van der Waals surface area contributed by atoms with E-state index in [0.717, 1.165) is 16.3 Å². The van der Waals surface area contributed by atoms with E-state index in [1.165, 1.54) is 11.9 Å². The first-order valence-electron chi connectivity index (χ1n) is 6.70. The molecule has 0 spiro atoms. The minimum Gasteiger partial charge on any atom is -0.353 e. The first-order chi connectivity index (χ1) is 9.90. The van der Waals surface area contributed by atoms with Gasteiger partial charge < -0.3 is 14.8 Å². The van der Waals surface area contributed by atoms with E-state index in [2.05, 4.69) is 10.3 Å². The molecule has 1 saturated heterocycles. The number of nitrogens with zero attached hydrogens (tertiary/aromatic N) is 4. The maximum absolute atomic E-state index is 11.8. The molecular weight excluding hydrogens is 274 g/mol. The van der Waals surface area contributed by atoms with E-state index in [-0.39, 0.29) is 24.9 Å². The van der Waals surface area contributed by atoms with Crippen molar-refractivity contribution < 1.29 is 14.4 Å². The lowest BCUT2D eigenvalue weighted by Gasteiger charge is -2.14. The molecule has 0 saturated carbocycles. The number of hydrogen-bond acceptors (Lipinski definition) is 4. The van der Waals surface area contributed by atoms with Gasteiger partial charge in [0.15, 0.2) is 0 Å². The van der Waals surface area contributed by atoms with Crippen LogP contribution in [0.15, 0.2) is 6.33 Å². The standard InChI is InChI=1S/C13H19N5O3/c1-9-10(2)17(8-15-9)5-4-14-11(19)6-18-12(20)7-16(3)13(18)21/h8H,4-7H2,1-3H3,(H,14,19). The highest BCUT2D eigenvalue weighted by Crippen LogP contribution is 2.07. The largest absolute Gasteiger partial charge is 0.353 e. The van der Waals surface area contributed by atoms with E-state index in [1.807, 2.05) is 18.4 Å². The molecule has 1 aliphatic rings. The molecule has 0 radical (unpaired) electrons. The van der Waals surface area contributed by atoms with Crippen molar-refractivity contribution in [1.82, 2.24) is 24.7 Å². The number of rotatable bonds is 5. The summed E-state index contributed by atoms with van der Waals surface area (Å²) in [6.07, 6.45) is 1.72. The molecule has 2 heterocycles. The van der Waals surface area contributed by atoms with E-state index in [4.69, 9.17) is 0 Å². The number of carbonyl (C=O) groups is 3. The lowest BCUT2D eigenvalue weighted by Crippen LogP contribution is -2.41. The van der Waals surface area contributed by atoms with Crippen LogP contribution in [0.5, 0.6) is 0 Å². The van der Waals surface area contributed by atoms with Crippen molar-refractivity contribution in [2.24, 2.45) is 0 Å². The Kier molecular flexibility index (Phi) is 4.25. The van der Waals surface area contributed by atoms with Gasteiger partial charge in [-0.1, -0.05) is 0 Å². The number of aryl methyl sites for hydroxylation is 1. The van der Waals surface area contributed by atoms with E-state index in [0.29, 0.717) is 13.1 Å². The van der Waals surface area contributed by atoms with Crippen LogP contribution in [0.3, 0.4) is 0 Å². The Labute approximate surface area is 122 Å². The summed E-state index contributed by atoms with van der Waals surface area (Å²) in [6.45, 7) is 4.69. The maximum atomic E-state index is 11.8. The maximum Gasteiger partial charge on any atom is 0.327 e. The zero-order chi connectivity index (χ0) is 15.6. The Hall–Kier alpha value is -2.38. The van der Waals surface area contributed by atoms with Crippen molar-refractivity contribution in [2.45, 2.75) is 20.4 Å². The Balaban J connectivity index is 1.79. The van der Waals surface area contributed by atoms with E-state index in [9.17, 15) is 14.4 Å². The Morgan fingerprint density at radius 1 is 1.38 bits per heavy atom. The smallest absolute Gasteiger partial charge is 0.327 e. The van der Waals surface area contributed by atoms with Crippen LogP contribution < -0.4 is 5.32 Å². The van der Waals surface area contributed by atoms with Gasteiger partial charge in [0.2, 0.25) is 5.91 Å². The summed E-state index contributed by atoms with van der Waals surface area (Å²) in [7, 11) is 1.53. The van der Waals surface area contributed by atoms with Gasteiger partial charge >= 0.3 is 6.03 Å². The molecule has 1 aromatic heterocycles. The van der Waals surface area contributed by atoms with Crippen molar-refractivity contribution in [2.75, 3.05) is 26.7 Å². The van der Waals surface area contributed by atoms with Gasteiger partial charge in [0.05, 0.1) is 12.0 Å². The number of hydrogen-bond donors (Lipinski definition) is 1. The molecule has 8 nitrogen and oxygen atoms in total. The number of imidazole rings is 1. The summed E-state index contributed by atoms with van der Waals surface area (Å²) < 4.78 is 1.94. The van der Waals surface area contributed by atoms with Crippen LogP contribution in [0.4, 0.5) is 4.79 Å². The van der Waals surface area contributed by atoms with Crippen LogP contribution in [0.2, 0.25) is 0 Å². The second-order valence-electron chi connectivity index (χ2n) is 5.08. The van der Waals surface area contributed by atoms with Crippen molar-refractivity contribution in [3.63, 3.8) is 0 Å². The van der Waals surface area contributed by atoms with Gasteiger partial charge in [0.25, 0.3) is 5.91 Å². The Morgan fingerprint density at radius 2 is 2.10 bits per heavy atom. The topological polar surface area (TPSA) is 87.5 Å². The van der Waals surface area contributed by atoms with Gasteiger partial charge in [0.1, 0.15) is 13.1 Å². The number of amides is 4. The minimum absolute atomic E-state index is 0.0274. The van der Waals surface area contributed by atoms with E-state index in [1.54, 1.807) is 6.33 Å². The fraction of sp³-hybridized carbons (Fsp3) is 0.538. The summed E-state index contributed by atoms with van der Waals surface area (Å²) in [6, 6.07) is -0.434. The molecule has 4 amide bonds. The van der Waals surface area contributed by atoms with Gasteiger partial charge in [-0.2, -0.15) is 0 Å². The number of likely N-dealkylation sites (N-methyl/N-ethyl adjacent to an activating group) is 1. The lowest BCUT2D eigenvalue weighted by atomic mass is 10.4. The number of imide groups is 1.